The lowest BCUT2D eigenvalue weighted by molar-refractivity contribution is 0.252. The maximum atomic E-state index is 5.98. The van der Waals surface area contributed by atoms with Gasteiger partial charge < -0.3 is 15.2 Å². The molecule has 1 aliphatic rings. The van der Waals surface area contributed by atoms with Crippen molar-refractivity contribution in [3.8, 4) is 11.5 Å². The van der Waals surface area contributed by atoms with Gasteiger partial charge in [0.25, 0.3) is 0 Å². The minimum absolute atomic E-state index is 0.0771. The number of hydrogen-bond donors (Lipinski definition) is 1. The van der Waals surface area contributed by atoms with Crippen LogP contribution in [-0.2, 0) is 0 Å². The molecule has 0 aromatic heterocycles. The number of fused-ring (bicyclic) bond motifs is 1. The quantitative estimate of drug-likeness (QED) is 0.739. The van der Waals surface area contributed by atoms with Gasteiger partial charge in [-0.1, -0.05) is 12.1 Å². The van der Waals surface area contributed by atoms with E-state index in [1.165, 1.54) is 0 Å². The van der Waals surface area contributed by atoms with E-state index >= 15 is 0 Å². The number of methoxy groups -OCH3 is 1. The van der Waals surface area contributed by atoms with Crippen LogP contribution in [0.15, 0.2) is 12.1 Å². The molecule has 0 amide bonds. The fourth-order valence-corrected chi connectivity index (χ4v) is 1.81. The topological polar surface area (TPSA) is 44.5 Å². The molecule has 2 rings (SSSR count). The normalized spacial score (nSPS) is 19.8. The highest BCUT2D eigenvalue weighted by Gasteiger charge is 2.22. The van der Waals surface area contributed by atoms with Crippen LogP contribution in [0.25, 0.3) is 0 Å². The average Bonchev–Trinajstić information content (AvgIpc) is 2.18. The van der Waals surface area contributed by atoms with E-state index in [4.69, 9.17) is 15.2 Å². The molecule has 1 aliphatic heterocycles. The van der Waals surface area contributed by atoms with Gasteiger partial charge >= 0.3 is 0 Å². The number of benzene rings is 1. The van der Waals surface area contributed by atoms with Crippen LogP contribution in [0, 0.1) is 6.92 Å². The fraction of sp³-hybridized carbons (Fsp3) is 0.455. The van der Waals surface area contributed by atoms with Gasteiger partial charge in [0, 0.05) is 18.0 Å². The Kier molecular flexibility index (Phi) is 2.33. The lowest BCUT2D eigenvalue weighted by Crippen LogP contribution is -2.21. The summed E-state index contributed by atoms with van der Waals surface area (Å²) in [6.45, 7) is 2.68. The molecule has 0 radical (unpaired) electrons. The Morgan fingerprint density at radius 3 is 3.00 bits per heavy atom. The number of hydrogen-bond acceptors (Lipinski definition) is 3. The first-order valence-corrected chi connectivity index (χ1v) is 4.80. The van der Waals surface area contributed by atoms with Crippen LogP contribution in [0.3, 0.4) is 0 Å². The Balaban J connectivity index is 2.55. The number of aryl methyl sites for hydroxylation is 1. The summed E-state index contributed by atoms with van der Waals surface area (Å²) in [7, 11) is 1.66. The number of nitrogens with two attached hydrogens (primary N) is 1. The monoisotopic (exact) mass is 193 g/mol. The van der Waals surface area contributed by atoms with Gasteiger partial charge in [0.1, 0.15) is 0 Å². The summed E-state index contributed by atoms with van der Waals surface area (Å²) in [5.41, 5.74) is 8.12. The first kappa shape index (κ1) is 9.34. The largest absolute Gasteiger partial charge is 0.493 e. The molecule has 2 N–H and O–H groups in total. The Hall–Kier alpha value is -1.22. The lowest BCUT2D eigenvalue weighted by atomic mass is 9.99. The molecular weight excluding hydrogens is 178 g/mol. The van der Waals surface area contributed by atoms with Gasteiger partial charge in [0.2, 0.25) is 0 Å². The molecule has 0 unspecified atom stereocenters. The second kappa shape index (κ2) is 3.50. The van der Waals surface area contributed by atoms with E-state index in [2.05, 4.69) is 0 Å². The summed E-state index contributed by atoms with van der Waals surface area (Å²) in [4.78, 5) is 0. The third kappa shape index (κ3) is 1.34. The van der Waals surface area contributed by atoms with Gasteiger partial charge in [-0.25, -0.2) is 0 Å². The van der Waals surface area contributed by atoms with Crippen molar-refractivity contribution in [2.75, 3.05) is 13.7 Å². The SMILES string of the molecule is COc1c(C)ccc2c1OCC[C@@H]2N. The molecule has 14 heavy (non-hydrogen) atoms. The Bertz CT molecular complexity index is 349. The van der Waals surface area contributed by atoms with Crippen LogP contribution in [0.2, 0.25) is 0 Å². The van der Waals surface area contributed by atoms with Crippen LogP contribution in [0.5, 0.6) is 11.5 Å². The Labute approximate surface area is 83.8 Å². The van der Waals surface area contributed by atoms with Gasteiger partial charge in [-0.3, -0.25) is 0 Å². The molecule has 1 heterocycles. The van der Waals surface area contributed by atoms with E-state index in [0.29, 0.717) is 6.61 Å². The van der Waals surface area contributed by atoms with Crippen molar-refractivity contribution in [3.63, 3.8) is 0 Å². The Morgan fingerprint density at radius 2 is 2.29 bits per heavy atom. The molecule has 0 spiro atoms. The summed E-state index contributed by atoms with van der Waals surface area (Å²) >= 11 is 0. The fourth-order valence-electron chi connectivity index (χ4n) is 1.81. The molecule has 1 atom stereocenters. The standard InChI is InChI=1S/C11H15NO2/c1-7-3-4-8-9(12)5-6-14-11(8)10(7)13-2/h3-4,9H,5-6,12H2,1-2H3/t9-/m0/s1. The first-order valence-electron chi connectivity index (χ1n) is 4.80. The van der Waals surface area contributed by atoms with E-state index in [1.54, 1.807) is 7.11 Å². The van der Waals surface area contributed by atoms with Crippen molar-refractivity contribution in [1.29, 1.82) is 0 Å². The molecule has 0 fully saturated rings. The van der Waals surface area contributed by atoms with Crippen molar-refractivity contribution in [3.05, 3.63) is 23.3 Å². The maximum Gasteiger partial charge on any atom is 0.166 e. The predicted octanol–water partition coefficient (Wildman–Crippen LogP) is 1.79. The van der Waals surface area contributed by atoms with E-state index in [1.807, 2.05) is 19.1 Å². The van der Waals surface area contributed by atoms with Crippen LogP contribution >= 0.6 is 0 Å². The maximum absolute atomic E-state index is 5.98. The average molecular weight is 193 g/mol. The zero-order chi connectivity index (χ0) is 10.1. The van der Waals surface area contributed by atoms with Gasteiger partial charge in [-0.15, -0.1) is 0 Å². The third-order valence-corrected chi connectivity index (χ3v) is 2.62. The molecule has 0 aliphatic carbocycles. The van der Waals surface area contributed by atoms with Crippen molar-refractivity contribution < 1.29 is 9.47 Å². The van der Waals surface area contributed by atoms with Crippen LogP contribution in [-0.4, -0.2) is 13.7 Å². The molecule has 3 heteroatoms. The van der Waals surface area contributed by atoms with Gasteiger partial charge in [0.05, 0.1) is 13.7 Å². The smallest absolute Gasteiger partial charge is 0.166 e. The zero-order valence-corrected chi connectivity index (χ0v) is 8.54. The zero-order valence-electron chi connectivity index (χ0n) is 8.54. The van der Waals surface area contributed by atoms with Gasteiger partial charge in [-0.2, -0.15) is 0 Å². The highest BCUT2D eigenvalue weighted by molar-refractivity contribution is 5.53. The third-order valence-electron chi connectivity index (χ3n) is 2.62. The molecule has 1 aromatic carbocycles. The van der Waals surface area contributed by atoms with Crippen LogP contribution in [0.1, 0.15) is 23.6 Å². The van der Waals surface area contributed by atoms with E-state index in [9.17, 15) is 0 Å². The minimum Gasteiger partial charge on any atom is -0.493 e. The second-order valence-corrected chi connectivity index (χ2v) is 3.58. The second-order valence-electron chi connectivity index (χ2n) is 3.58. The van der Waals surface area contributed by atoms with Crippen molar-refractivity contribution in [1.82, 2.24) is 0 Å². The van der Waals surface area contributed by atoms with Crippen molar-refractivity contribution in [2.45, 2.75) is 19.4 Å². The number of ether oxygens (including phenoxy) is 2. The molecule has 0 saturated heterocycles. The summed E-state index contributed by atoms with van der Waals surface area (Å²) in [5, 5.41) is 0. The molecule has 0 bridgehead atoms. The summed E-state index contributed by atoms with van der Waals surface area (Å²) in [6, 6.07) is 4.12. The van der Waals surface area contributed by atoms with E-state index in [-0.39, 0.29) is 6.04 Å². The van der Waals surface area contributed by atoms with Crippen LogP contribution < -0.4 is 15.2 Å². The molecule has 3 nitrogen and oxygen atoms in total. The van der Waals surface area contributed by atoms with E-state index < -0.39 is 0 Å². The van der Waals surface area contributed by atoms with Crippen molar-refractivity contribution >= 4 is 0 Å². The van der Waals surface area contributed by atoms with Crippen molar-refractivity contribution in [2.24, 2.45) is 5.73 Å². The Morgan fingerprint density at radius 1 is 1.50 bits per heavy atom. The summed E-state index contributed by atoms with van der Waals surface area (Å²) < 4.78 is 10.9. The molecule has 76 valence electrons. The van der Waals surface area contributed by atoms with Crippen LogP contribution in [0.4, 0.5) is 0 Å². The highest BCUT2D eigenvalue weighted by atomic mass is 16.5. The minimum atomic E-state index is 0.0771. The molecule has 0 saturated carbocycles. The molecule has 1 aromatic rings. The first-order chi connectivity index (χ1) is 6.74. The summed E-state index contributed by atoms with van der Waals surface area (Å²) in [5.74, 6) is 1.64. The van der Waals surface area contributed by atoms with Gasteiger partial charge in [-0.05, 0) is 12.5 Å². The summed E-state index contributed by atoms with van der Waals surface area (Å²) in [6.07, 6.45) is 0.874. The highest BCUT2D eigenvalue weighted by Crippen LogP contribution is 2.40. The van der Waals surface area contributed by atoms with E-state index in [0.717, 1.165) is 29.0 Å². The molecular formula is C11H15NO2. The predicted molar refractivity (Wildman–Crippen MR) is 54.8 cm³/mol. The lowest BCUT2D eigenvalue weighted by Gasteiger charge is -2.25. The van der Waals surface area contributed by atoms with Gasteiger partial charge in [0.15, 0.2) is 11.5 Å². The number of rotatable bonds is 1.